The monoisotopic (exact) mass is 576 g/mol. The molecule has 1 heterocycles. The topological polar surface area (TPSA) is 35.8 Å². The molecule has 3 rings (SSSR count). The minimum absolute atomic E-state index is 0.255. The molecule has 1 fully saturated rings. The molecule has 0 radical (unpaired) electrons. The number of phenols is 1. The first-order chi connectivity index (χ1) is 15.8. The number of hydrogen-bond acceptors (Lipinski definition) is 3. The number of halogens is 2. The summed E-state index contributed by atoms with van der Waals surface area (Å²) < 4.78 is 1.44. The third-order valence-electron chi connectivity index (χ3n) is 5.36. The minimum atomic E-state index is 0.255. The van der Waals surface area contributed by atoms with Crippen molar-refractivity contribution in [1.29, 1.82) is 0 Å². The van der Waals surface area contributed by atoms with Gasteiger partial charge in [-0.3, -0.25) is 4.99 Å². The lowest BCUT2D eigenvalue weighted by Crippen LogP contribution is -2.33. The number of phenolic OH excluding ortho intramolecular Hbond substituents is 1. The molecule has 1 aliphatic heterocycles. The van der Waals surface area contributed by atoms with E-state index in [1.165, 1.54) is 24.8 Å². The summed E-state index contributed by atoms with van der Waals surface area (Å²) in [7, 11) is 0. The van der Waals surface area contributed by atoms with Crippen molar-refractivity contribution in [3.63, 3.8) is 0 Å². The first-order valence-corrected chi connectivity index (χ1v) is 13.2. The van der Waals surface area contributed by atoms with Crippen LogP contribution in [-0.4, -0.2) is 29.3 Å². The van der Waals surface area contributed by atoms with Crippen LogP contribution in [0.1, 0.15) is 51.7 Å². The Kier molecular flexibility index (Phi) is 14.1. The predicted octanol–water partition coefficient (Wildman–Crippen LogP) is 8.70. The molecule has 1 saturated heterocycles. The summed E-state index contributed by atoms with van der Waals surface area (Å²) in [6.07, 6.45) is 7.55. The number of benzene rings is 2. The molecule has 1 aliphatic rings. The lowest BCUT2D eigenvalue weighted by molar-refractivity contribution is 0.229. The van der Waals surface area contributed by atoms with E-state index in [4.69, 9.17) is 0 Å². The number of hydrogen-bond donors (Lipinski definition) is 1. The molecule has 2 aromatic carbocycles. The highest BCUT2D eigenvalue weighted by Gasteiger charge is 2.21. The summed E-state index contributed by atoms with van der Waals surface area (Å²) >= 11 is 6.43. The molecule has 2 aromatic rings. The zero-order chi connectivity index (χ0) is 24.8. The fourth-order valence-corrected chi connectivity index (χ4v) is 5.08. The third-order valence-corrected chi connectivity index (χ3v) is 6.57. The fourth-order valence-electron chi connectivity index (χ4n) is 3.66. The molecule has 0 aliphatic carbocycles. The average molecular weight is 578 g/mol. The zero-order valence-corrected chi connectivity index (χ0v) is 23.8. The predicted molar refractivity (Wildman–Crippen MR) is 151 cm³/mol. The van der Waals surface area contributed by atoms with E-state index in [1.807, 2.05) is 59.0 Å². The van der Waals surface area contributed by atoms with Gasteiger partial charge < -0.3 is 10.0 Å². The number of aryl methyl sites for hydroxylation is 1. The first kappa shape index (κ1) is 29.2. The largest absolute Gasteiger partial charge is 0.506 e. The average Bonchev–Trinajstić information content (AvgIpc) is 2.83. The van der Waals surface area contributed by atoms with Gasteiger partial charge in [0.2, 0.25) is 0 Å². The van der Waals surface area contributed by atoms with E-state index in [0.29, 0.717) is 0 Å². The van der Waals surface area contributed by atoms with Gasteiger partial charge in [0.25, 0.3) is 0 Å². The van der Waals surface area contributed by atoms with Crippen LogP contribution in [0, 0.1) is 12.8 Å². The Morgan fingerprint density at radius 3 is 2.12 bits per heavy atom. The van der Waals surface area contributed by atoms with Gasteiger partial charge >= 0.3 is 0 Å². The molecule has 180 valence electrons. The smallest absolute Gasteiger partial charge is 0.143 e. The van der Waals surface area contributed by atoms with Crippen LogP contribution >= 0.6 is 31.9 Å². The van der Waals surface area contributed by atoms with Crippen LogP contribution in [0.4, 0.5) is 0 Å². The van der Waals surface area contributed by atoms with E-state index >= 15 is 0 Å². The first-order valence-electron chi connectivity index (χ1n) is 11.6. The zero-order valence-electron chi connectivity index (χ0n) is 20.6. The molecule has 0 bridgehead atoms. The van der Waals surface area contributed by atoms with Gasteiger partial charge in [-0.25, -0.2) is 0 Å². The lowest BCUT2D eigenvalue weighted by Gasteiger charge is -2.35. The molecule has 0 spiro atoms. The molecule has 5 heteroatoms. The SMILES string of the molecule is C=C(/C(=C/C)N=CC)N1CCC(Cc2ccccc2)CC1.CC.Cc1cc(Br)c(O)c(Br)c1. The Balaban J connectivity index is 0.000000380. The van der Waals surface area contributed by atoms with Gasteiger partial charge in [-0.1, -0.05) is 56.8 Å². The second-order valence-corrected chi connectivity index (χ2v) is 9.41. The number of aliphatic imine (C=N–C) groups is 1. The summed E-state index contributed by atoms with van der Waals surface area (Å²) in [6.45, 7) is 16.3. The molecule has 0 unspecified atom stereocenters. The Morgan fingerprint density at radius 2 is 1.64 bits per heavy atom. The van der Waals surface area contributed by atoms with Crippen molar-refractivity contribution < 1.29 is 5.11 Å². The molecule has 33 heavy (non-hydrogen) atoms. The summed E-state index contributed by atoms with van der Waals surface area (Å²) in [5, 5.41) is 9.24. The highest BCUT2D eigenvalue weighted by Crippen LogP contribution is 2.32. The Hall–Kier alpha value is -1.85. The lowest BCUT2D eigenvalue weighted by atomic mass is 9.90. The van der Waals surface area contributed by atoms with Gasteiger partial charge in [0.1, 0.15) is 5.75 Å². The van der Waals surface area contributed by atoms with Gasteiger partial charge in [-0.05, 0) is 101 Å². The number of rotatable bonds is 5. The number of nitrogens with zero attached hydrogens (tertiary/aromatic N) is 2. The standard InChI is InChI=1S/C19H26N2.C7H6Br2O.C2H6/c1-4-19(20-5-2)16(3)21-13-11-18(12-14-21)15-17-9-7-6-8-10-17;1-4-2-5(8)7(10)6(9)3-4;1-2/h4-10,18H,3,11-15H2,1-2H3;2-3,10H,1H3;1-2H3/b19-4-,20-5?;;. The molecule has 0 amide bonds. The van der Waals surface area contributed by atoms with Gasteiger partial charge in [0, 0.05) is 19.3 Å². The van der Waals surface area contributed by atoms with Crippen LogP contribution in [0.2, 0.25) is 0 Å². The third kappa shape index (κ3) is 9.89. The van der Waals surface area contributed by atoms with Gasteiger partial charge in [-0.2, -0.15) is 0 Å². The second kappa shape index (κ2) is 15.9. The van der Waals surface area contributed by atoms with Crippen LogP contribution in [0.25, 0.3) is 0 Å². The maximum atomic E-state index is 9.24. The van der Waals surface area contributed by atoms with E-state index in [9.17, 15) is 5.11 Å². The molecular formula is C28H38Br2N2O. The van der Waals surface area contributed by atoms with E-state index in [1.54, 1.807) is 0 Å². The molecule has 0 saturated carbocycles. The quantitative estimate of drug-likeness (QED) is 0.285. The summed E-state index contributed by atoms with van der Waals surface area (Å²) in [5.41, 5.74) is 4.63. The van der Waals surface area contributed by atoms with Crippen LogP contribution in [0.3, 0.4) is 0 Å². The molecule has 3 nitrogen and oxygen atoms in total. The minimum Gasteiger partial charge on any atom is -0.506 e. The highest BCUT2D eigenvalue weighted by atomic mass is 79.9. The van der Waals surface area contributed by atoms with Gasteiger partial charge in [-0.15, -0.1) is 0 Å². The molecule has 0 aromatic heterocycles. The summed E-state index contributed by atoms with van der Waals surface area (Å²) in [4.78, 5) is 6.78. The second-order valence-electron chi connectivity index (χ2n) is 7.71. The summed E-state index contributed by atoms with van der Waals surface area (Å²) in [5.74, 6) is 1.05. The molecule has 1 N–H and O–H groups in total. The van der Waals surface area contributed by atoms with Crippen molar-refractivity contribution >= 4 is 38.1 Å². The highest BCUT2D eigenvalue weighted by molar-refractivity contribution is 9.11. The van der Waals surface area contributed by atoms with Crippen molar-refractivity contribution in [2.45, 2.75) is 53.9 Å². The number of aromatic hydroxyl groups is 1. The van der Waals surface area contributed by atoms with E-state index in [2.05, 4.69) is 78.7 Å². The van der Waals surface area contributed by atoms with E-state index in [0.717, 1.165) is 44.9 Å². The van der Waals surface area contributed by atoms with Gasteiger partial charge in [0.05, 0.1) is 20.3 Å². The van der Waals surface area contributed by atoms with Crippen molar-refractivity contribution in [1.82, 2.24) is 4.90 Å². The summed E-state index contributed by atoms with van der Waals surface area (Å²) in [6, 6.07) is 14.5. The Labute approximate surface area is 217 Å². The Morgan fingerprint density at radius 1 is 1.09 bits per heavy atom. The maximum absolute atomic E-state index is 9.24. The van der Waals surface area contributed by atoms with E-state index < -0.39 is 0 Å². The Bertz CT molecular complexity index is 892. The molecular weight excluding hydrogens is 540 g/mol. The fraction of sp³-hybridized carbons (Fsp3) is 0.393. The van der Waals surface area contributed by atoms with Crippen molar-refractivity contribution in [3.05, 3.63) is 86.6 Å². The van der Waals surface area contributed by atoms with Crippen LogP contribution in [0.15, 0.2) is 80.5 Å². The van der Waals surface area contributed by atoms with Crippen molar-refractivity contribution in [2.24, 2.45) is 10.9 Å². The number of piperidine rings is 1. The van der Waals surface area contributed by atoms with Crippen molar-refractivity contribution in [3.8, 4) is 5.75 Å². The van der Waals surface area contributed by atoms with Crippen molar-refractivity contribution in [2.75, 3.05) is 13.1 Å². The van der Waals surface area contributed by atoms with E-state index in [-0.39, 0.29) is 5.75 Å². The number of likely N-dealkylation sites (tertiary alicyclic amines) is 1. The van der Waals surface area contributed by atoms with Crippen LogP contribution < -0.4 is 0 Å². The van der Waals surface area contributed by atoms with Gasteiger partial charge in [0.15, 0.2) is 0 Å². The molecule has 0 atom stereocenters. The van der Waals surface area contributed by atoms with Crippen LogP contribution in [-0.2, 0) is 6.42 Å². The van der Waals surface area contributed by atoms with Crippen LogP contribution in [0.5, 0.6) is 5.75 Å². The maximum Gasteiger partial charge on any atom is 0.143 e. The number of allylic oxidation sites excluding steroid dienone is 1. The normalized spacial score (nSPS) is 14.3.